The van der Waals surface area contributed by atoms with Crippen LogP contribution in [0.2, 0.25) is 0 Å². The third-order valence-electron chi connectivity index (χ3n) is 2.89. The topological polar surface area (TPSA) is 66.4 Å². The summed E-state index contributed by atoms with van der Waals surface area (Å²) in [5.74, 6) is 0.125. The molecule has 0 saturated heterocycles. The van der Waals surface area contributed by atoms with Crippen LogP contribution in [0.1, 0.15) is 25.8 Å². The Hall–Kier alpha value is -0.910. The molecule has 2 N–H and O–H groups in total. The van der Waals surface area contributed by atoms with Gasteiger partial charge in [-0.15, -0.1) is 0 Å². The van der Waals surface area contributed by atoms with Crippen LogP contribution >= 0.6 is 0 Å². The van der Waals surface area contributed by atoms with Gasteiger partial charge in [-0.05, 0) is 36.5 Å². The predicted octanol–water partition coefficient (Wildman–Crippen LogP) is 1.55. The first kappa shape index (κ1) is 15.1. The van der Waals surface area contributed by atoms with Gasteiger partial charge in [0, 0.05) is 13.2 Å². The van der Waals surface area contributed by atoms with Gasteiger partial charge < -0.3 is 5.11 Å². The van der Waals surface area contributed by atoms with Crippen LogP contribution in [0, 0.1) is 5.92 Å². The molecule has 18 heavy (non-hydrogen) atoms. The van der Waals surface area contributed by atoms with Crippen LogP contribution in [-0.2, 0) is 16.4 Å². The molecular weight excluding hydrogens is 250 g/mol. The summed E-state index contributed by atoms with van der Waals surface area (Å²) in [6, 6.07) is 6.90. The van der Waals surface area contributed by atoms with Gasteiger partial charge in [-0.1, -0.05) is 26.0 Å². The van der Waals surface area contributed by atoms with Gasteiger partial charge in [-0.3, -0.25) is 0 Å². The molecule has 0 heterocycles. The van der Waals surface area contributed by atoms with E-state index in [9.17, 15) is 8.42 Å². The molecule has 1 unspecified atom stereocenters. The minimum Gasteiger partial charge on any atom is -0.396 e. The molecule has 4 nitrogen and oxygen atoms in total. The average molecular weight is 271 g/mol. The quantitative estimate of drug-likeness (QED) is 0.790. The molecule has 0 radical (unpaired) electrons. The molecule has 102 valence electrons. The van der Waals surface area contributed by atoms with Crippen molar-refractivity contribution in [2.45, 2.75) is 31.6 Å². The molecule has 0 spiro atoms. The fourth-order valence-corrected chi connectivity index (χ4v) is 2.73. The van der Waals surface area contributed by atoms with Gasteiger partial charge in [0.25, 0.3) is 0 Å². The highest BCUT2D eigenvalue weighted by Crippen LogP contribution is 2.11. The minimum absolute atomic E-state index is 0.0775. The number of hydrogen-bond donors (Lipinski definition) is 2. The van der Waals surface area contributed by atoms with Crippen molar-refractivity contribution in [2.75, 3.05) is 13.2 Å². The Labute approximate surface area is 109 Å². The first-order valence-corrected chi connectivity index (χ1v) is 7.67. The van der Waals surface area contributed by atoms with Gasteiger partial charge >= 0.3 is 0 Å². The van der Waals surface area contributed by atoms with Gasteiger partial charge in [-0.2, -0.15) is 0 Å². The standard InChI is InChI=1S/C13H21NO3S/c1-3-12-4-6-13(7-5-12)18(16,17)14-10-11(2)8-9-15/h4-7,11,14-15H,3,8-10H2,1-2H3. The second kappa shape index (κ2) is 6.87. The van der Waals surface area contributed by atoms with Gasteiger partial charge in [0.2, 0.25) is 10.0 Å². The summed E-state index contributed by atoms with van der Waals surface area (Å²) in [4.78, 5) is 0.288. The highest BCUT2D eigenvalue weighted by atomic mass is 32.2. The molecule has 0 aliphatic carbocycles. The normalized spacial score (nSPS) is 13.5. The Balaban J connectivity index is 2.67. The molecule has 0 aliphatic heterocycles. The highest BCUT2D eigenvalue weighted by molar-refractivity contribution is 7.89. The first-order chi connectivity index (χ1) is 8.49. The van der Waals surface area contributed by atoms with Crippen molar-refractivity contribution in [1.82, 2.24) is 4.72 Å². The van der Waals surface area contributed by atoms with Crippen LogP contribution in [0.5, 0.6) is 0 Å². The summed E-state index contributed by atoms with van der Waals surface area (Å²) in [6.07, 6.45) is 1.48. The molecule has 0 aliphatic rings. The molecule has 1 aromatic rings. The van der Waals surface area contributed by atoms with E-state index in [0.29, 0.717) is 13.0 Å². The zero-order valence-corrected chi connectivity index (χ0v) is 11.7. The van der Waals surface area contributed by atoms with Crippen molar-refractivity contribution in [3.63, 3.8) is 0 Å². The SMILES string of the molecule is CCc1ccc(S(=O)(=O)NCC(C)CCO)cc1. The lowest BCUT2D eigenvalue weighted by Crippen LogP contribution is -2.28. The number of sulfonamides is 1. The van der Waals surface area contributed by atoms with E-state index < -0.39 is 10.0 Å². The Morgan fingerprint density at radius 1 is 1.28 bits per heavy atom. The number of nitrogens with one attached hydrogen (secondary N) is 1. The highest BCUT2D eigenvalue weighted by Gasteiger charge is 2.14. The second-order valence-corrected chi connectivity index (χ2v) is 6.23. The van der Waals surface area contributed by atoms with Gasteiger partial charge in [0.15, 0.2) is 0 Å². The zero-order valence-electron chi connectivity index (χ0n) is 10.9. The predicted molar refractivity (Wildman–Crippen MR) is 71.9 cm³/mol. The third-order valence-corrected chi connectivity index (χ3v) is 4.33. The summed E-state index contributed by atoms with van der Waals surface area (Å²) in [7, 11) is -3.43. The number of aliphatic hydroxyl groups is 1. The smallest absolute Gasteiger partial charge is 0.240 e. The van der Waals surface area contributed by atoms with E-state index >= 15 is 0 Å². The molecular formula is C13H21NO3S. The van der Waals surface area contributed by atoms with Crippen LogP contribution < -0.4 is 4.72 Å². The zero-order chi connectivity index (χ0) is 13.6. The van der Waals surface area contributed by atoms with Crippen molar-refractivity contribution in [2.24, 2.45) is 5.92 Å². The van der Waals surface area contributed by atoms with Crippen molar-refractivity contribution in [1.29, 1.82) is 0 Å². The lowest BCUT2D eigenvalue weighted by Gasteiger charge is -2.11. The monoisotopic (exact) mass is 271 g/mol. The Morgan fingerprint density at radius 2 is 1.89 bits per heavy atom. The number of aliphatic hydroxyl groups excluding tert-OH is 1. The Morgan fingerprint density at radius 3 is 2.39 bits per heavy atom. The number of hydrogen-bond acceptors (Lipinski definition) is 3. The Kier molecular flexibility index (Phi) is 5.78. The van der Waals surface area contributed by atoms with E-state index in [4.69, 9.17) is 5.11 Å². The average Bonchev–Trinajstić information content (AvgIpc) is 2.37. The van der Waals surface area contributed by atoms with Crippen molar-refractivity contribution in [3.8, 4) is 0 Å². The molecule has 1 rings (SSSR count). The summed E-state index contributed by atoms with van der Waals surface area (Å²) in [5.41, 5.74) is 1.11. The molecule has 0 bridgehead atoms. The van der Waals surface area contributed by atoms with E-state index in [1.165, 1.54) is 0 Å². The molecule has 0 amide bonds. The van der Waals surface area contributed by atoms with Gasteiger partial charge in [0.05, 0.1) is 4.90 Å². The largest absolute Gasteiger partial charge is 0.396 e. The molecule has 0 saturated carbocycles. The van der Waals surface area contributed by atoms with Crippen LogP contribution in [-0.4, -0.2) is 26.7 Å². The fourth-order valence-electron chi connectivity index (χ4n) is 1.56. The molecule has 1 aromatic carbocycles. The van der Waals surface area contributed by atoms with E-state index in [1.807, 2.05) is 26.0 Å². The van der Waals surface area contributed by atoms with E-state index in [2.05, 4.69) is 4.72 Å². The summed E-state index contributed by atoms with van der Waals surface area (Å²) in [5, 5.41) is 8.76. The maximum absolute atomic E-state index is 12.0. The maximum Gasteiger partial charge on any atom is 0.240 e. The van der Waals surface area contributed by atoms with Crippen molar-refractivity contribution in [3.05, 3.63) is 29.8 Å². The maximum atomic E-state index is 12.0. The lowest BCUT2D eigenvalue weighted by molar-refractivity contribution is 0.263. The molecule has 0 aromatic heterocycles. The lowest BCUT2D eigenvalue weighted by atomic mass is 10.1. The molecule has 1 atom stereocenters. The van der Waals surface area contributed by atoms with Crippen molar-refractivity contribution >= 4 is 10.0 Å². The first-order valence-electron chi connectivity index (χ1n) is 6.19. The van der Waals surface area contributed by atoms with Crippen LogP contribution in [0.4, 0.5) is 0 Å². The van der Waals surface area contributed by atoms with Crippen molar-refractivity contribution < 1.29 is 13.5 Å². The van der Waals surface area contributed by atoms with Gasteiger partial charge in [-0.25, -0.2) is 13.1 Å². The van der Waals surface area contributed by atoms with Crippen LogP contribution in [0.25, 0.3) is 0 Å². The van der Waals surface area contributed by atoms with Gasteiger partial charge in [0.1, 0.15) is 0 Å². The van der Waals surface area contributed by atoms with E-state index in [0.717, 1.165) is 12.0 Å². The Bertz CT molecular complexity index is 454. The molecule has 5 heteroatoms. The number of benzene rings is 1. The van der Waals surface area contributed by atoms with E-state index in [-0.39, 0.29) is 17.4 Å². The second-order valence-electron chi connectivity index (χ2n) is 4.47. The number of aryl methyl sites for hydroxylation is 1. The summed E-state index contributed by atoms with van der Waals surface area (Å²) >= 11 is 0. The number of rotatable bonds is 7. The summed E-state index contributed by atoms with van der Waals surface area (Å²) in [6.45, 7) is 4.35. The fraction of sp³-hybridized carbons (Fsp3) is 0.538. The molecule has 0 fully saturated rings. The van der Waals surface area contributed by atoms with Crippen LogP contribution in [0.15, 0.2) is 29.2 Å². The minimum atomic E-state index is -3.43. The van der Waals surface area contributed by atoms with Crippen LogP contribution in [0.3, 0.4) is 0 Å². The third kappa shape index (κ3) is 4.40. The van der Waals surface area contributed by atoms with E-state index in [1.54, 1.807) is 12.1 Å². The summed E-state index contributed by atoms with van der Waals surface area (Å²) < 4.78 is 26.5.